The van der Waals surface area contributed by atoms with E-state index in [0.29, 0.717) is 6.42 Å². The number of carbonyl (C=O) groups excluding carboxylic acids is 1. The number of aryl methyl sites for hydroxylation is 1. The summed E-state index contributed by atoms with van der Waals surface area (Å²) in [7, 11) is 0. The first-order chi connectivity index (χ1) is 7.75. The molecule has 0 atom stereocenters. The molecule has 1 amide bonds. The molecule has 0 radical (unpaired) electrons. The van der Waals surface area contributed by atoms with E-state index >= 15 is 0 Å². The zero-order valence-electron chi connectivity index (χ0n) is 9.70. The Morgan fingerprint density at radius 2 is 2.19 bits per heavy atom. The van der Waals surface area contributed by atoms with Crippen LogP contribution in [0.4, 0.5) is 5.69 Å². The van der Waals surface area contributed by atoms with Crippen LogP contribution in [0.25, 0.3) is 0 Å². The number of nitrogens with zero attached hydrogens (tertiary/aromatic N) is 1. The van der Waals surface area contributed by atoms with Crippen molar-refractivity contribution in [2.24, 2.45) is 0 Å². The maximum atomic E-state index is 11.2. The van der Waals surface area contributed by atoms with Crippen molar-refractivity contribution >= 4 is 11.6 Å². The minimum atomic E-state index is 0.184. The van der Waals surface area contributed by atoms with Crippen molar-refractivity contribution in [3.8, 4) is 0 Å². The molecule has 1 aromatic rings. The second-order valence-electron chi connectivity index (χ2n) is 4.28. The van der Waals surface area contributed by atoms with Crippen molar-refractivity contribution in [3.63, 3.8) is 0 Å². The maximum Gasteiger partial charge on any atom is 0.220 e. The third-order valence-corrected chi connectivity index (χ3v) is 2.90. The van der Waals surface area contributed by atoms with E-state index in [2.05, 4.69) is 41.4 Å². The van der Waals surface area contributed by atoms with Crippen molar-refractivity contribution in [3.05, 3.63) is 29.8 Å². The number of carbonyl (C=O) groups is 1. The molecule has 86 valence electrons. The summed E-state index contributed by atoms with van der Waals surface area (Å²) in [6.07, 6.45) is 1.57. The Balaban J connectivity index is 2.06. The van der Waals surface area contributed by atoms with Gasteiger partial charge in [0.2, 0.25) is 5.91 Å². The molecule has 0 aliphatic carbocycles. The van der Waals surface area contributed by atoms with Crippen LogP contribution in [0.1, 0.15) is 18.4 Å². The van der Waals surface area contributed by atoms with Gasteiger partial charge in [-0.2, -0.15) is 0 Å². The zero-order valence-corrected chi connectivity index (χ0v) is 9.70. The molecule has 0 unspecified atom stereocenters. The lowest BCUT2D eigenvalue weighted by Crippen LogP contribution is -2.38. The molecule has 2 rings (SSSR count). The molecule has 0 aromatic heterocycles. The highest BCUT2D eigenvalue weighted by Gasteiger charge is 2.11. The third-order valence-electron chi connectivity index (χ3n) is 2.90. The van der Waals surface area contributed by atoms with Gasteiger partial charge in [-0.15, -0.1) is 0 Å². The zero-order chi connectivity index (χ0) is 11.4. The molecule has 0 bridgehead atoms. The van der Waals surface area contributed by atoms with Gasteiger partial charge in [-0.05, 0) is 31.0 Å². The Morgan fingerprint density at radius 1 is 1.31 bits per heavy atom. The lowest BCUT2D eigenvalue weighted by atomic mass is 10.2. The van der Waals surface area contributed by atoms with Crippen molar-refractivity contribution in [1.29, 1.82) is 0 Å². The van der Waals surface area contributed by atoms with Crippen LogP contribution < -0.4 is 10.2 Å². The van der Waals surface area contributed by atoms with Gasteiger partial charge < -0.3 is 10.2 Å². The van der Waals surface area contributed by atoms with Crippen molar-refractivity contribution < 1.29 is 4.79 Å². The van der Waals surface area contributed by atoms with Gasteiger partial charge in [0.1, 0.15) is 0 Å². The molecule has 16 heavy (non-hydrogen) atoms. The molecule has 3 nitrogen and oxygen atoms in total. The first-order valence-electron chi connectivity index (χ1n) is 5.84. The number of hydrogen-bond donors (Lipinski definition) is 1. The summed E-state index contributed by atoms with van der Waals surface area (Å²) in [5, 5.41) is 2.92. The van der Waals surface area contributed by atoms with Crippen LogP contribution >= 0.6 is 0 Å². The summed E-state index contributed by atoms with van der Waals surface area (Å²) in [5.41, 5.74) is 2.54. The van der Waals surface area contributed by atoms with Gasteiger partial charge in [-0.3, -0.25) is 4.79 Å². The van der Waals surface area contributed by atoms with Gasteiger partial charge >= 0.3 is 0 Å². The van der Waals surface area contributed by atoms with Gasteiger partial charge in [-0.1, -0.05) is 12.1 Å². The number of nitrogens with one attached hydrogen (secondary N) is 1. The fraction of sp³-hybridized carbons (Fsp3) is 0.462. The smallest absolute Gasteiger partial charge is 0.220 e. The van der Waals surface area contributed by atoms with E-state index < -0.39 is 0 Å². The largest absolute Gasteiger partial charge is 0.370 e. The van der Waals surface area contributed by atoms with Crippen LogP contribution in [0.2, 0.25) is 0 Å². The van der Waals surface area contributed by atoms with E-state index in [0.717, 1.165) is 26.1 Å². The predicted molar refractivity (Wildman–Crippen MR) is 65.6 cm³/mol. The average molecular weight is 218 g/mol. The van der Waals surface area contributed by atoms with Gasteiger partial charge in [0.05, 0.1) is 0 Å². The Morgan fingerprint density at radius 3 is 3.00 bits per heavy atom. The molecule has 1 aliphatic heterocycles. The average Bonchev–Trinajstić information content (AvgIpc) is 2.23. The van der Waals surface area contributed by atoms with E-state index in [4.69, 9.17) is 0 Å². The molecule has 0 saturated carbocycles. The predicted octanol–water partition coefficient (Wildman–Crippen LogP) is 1.71. The molecule has 1 fully saturated rings. The minimum Gasteiger partial charge on any atom is -0.370 e. The minimum absolute atomic E-state index is 0.184. The Labute approximate surface area is 96.5 Å². The fourth-order valence-corrected chi connectivity index (χ4v) is 2.04. The van der Waals surface area contributed by atoms with E-state index in [1.165, 1.54) is 11.3 Å². The van der Waals surface area contributed by atoms with Crippen LogP contribution in [-0.2, 0) is 4.79 Å². The highest BCUT2D eigenvalue weighted by atomic mass is 16.1. The van der Waals surface area contributed by atoms with E-state index in [1.807, 2.05) is 0 Å². The Kier molecular flexibility index (Phi) is 3.44. The highest BCUT2D eigenvalue weighted by Crippen LogP contribution is 2.16. The molecule has 3 heteroatoms. The fourth-order valence-electron chi connectivity index (χ4n) is 2.04. The molecular formula is C13H18N2O. The first-order valence-corrected chi connectivity index (χ1v) is 5.84. The lowest BCUT2D eigenvalue weighted by molar-refractivity contribution is -0.121. The van der Waals surface area contributed by atoms with Crippen molar-refractivity contribution in [2.75, 3.05) is 24.5 Å². The van der Waals surface area contributed by atoms with Crippen LogP contribution in [0, 0.1) is 6.92 Å². The maximum absolute atomic E-state index is 11.2. The summed E-state index contributed by atoms with van der Waals surface area (Å²) in [6, 6.07) is 8.52. The molecule has 1 saturated heterocycles. The van der Waals surface area contributed by atoms with Crippen LogP contribution in [0.5, 0.6) is 0 Å². The monoisotopic (exact) mass is 218 g/mol. The normalized spacial score (nSPS) is 17.6. The number of hydrogen-bond acceptors (Lipinski definition) is 2. The quantitative estimate of drug-likeness (QED) is 0.778. The van der Waals surface area contributed by atoms with E-state index in [-0.39, 0.29) is 5.91 Å². The molecule has 1 aromatic carbocycles. The van der Waals surface area contributed by atoms with E-state index in [9.17, 15) is 4.79 Å². The van der Waals surface area contributed by atoms with Crippen molar-refractivity contribution in [1.82, 2.24) is 5.32 Å². The standard InChI is InChI=1S/C13H18N2O/c1-11-4-2-5-12(10-11)15-8-3-6-13(16)14-7-9-15/h2,4-5,10H,3,6-9H2,1H3,(H,14,16). The SMILES string of the molecule is Cc1cccc(N2CCCC(=O)NCC2)c1. The molecule has 1 aliphatic rings. The summed E-state index contributed by atoms with van der Waals surface area (Å²) >= 11 is 0. The summed E-state index contributed by atoms with van der Waals surface area (Å²) in [5.74, 6) is 0.184. The topological polar surface area (TPSA) is 32.3 Å². The third kappa shape index (κ3) is 2.75. The van der Waals surface area contributed by atoms with Gasteiger partial charge in [-0.25, -0.2) is 0 Å². The van der Waals surface area contributed by atoms with Crippen LogP contribution in [-0.4, -0.2) is 25.5 Å². The van der Waals surface area contributed by atoms with Gasteiger partial charge in [0.15, 0.2) is 0 Å². The summed E-state index contributed by atoms with van der Waals surface area (Å²) in [4.78, 5) is 13.5. The first kappa shape index (κ1) is 11.0. The molecule has 0 spiro atoms. The van der Waals surface area contributed by atoms with Gasteiger partial charge in [0.25, 0.3) is 0 Å². The van der Waals surface area contributed by atoms with E-state index in [1.54, 1.807) is 0 Å². The van der Waals surface area contributed by atoms with Crippen LogP contribution in [0.15, 0.2) is 24.3 Å². The molecule has 1 heterocycles. The number of benzene rings is 1. The Hall–Kier alpha value is -1.51. The molecule has 1 N–H and O–H groups in total. The number of rotatable bonds is 1. The summed E-state index contributed by atoms with van der Waals surface area (Å²) < 4.78 is 0. The lowest BCUT2D eigenvalue weighted by Gasteiger charge is -2.27. The van der Waals surface area contributed by atoms with Crippen molar-refractivity contribution in [2.45, 2.75) is 19.8 Å². The van der Waals surface area contributed by atoms with Gasteiger partial charge in [0, 0.05) is 31.7 Å². The number of anilines is 1. The number of amides is 1. The van der Waals surface area contributed by atoms with Crippen LogP contribution in [0.3, 0.4) is 0 Å². The summed E-state index contributed by atoms with van der Waals surface area (Å²) in [6.45, 7) is 4.72. The second-order valence-corrected chi connectivity index (χ2v) is 4.28. The Bertz CT molecular complexity index is 364. The second kappa shape index (κ2) is 5.01. The highest BCUT2D eigenvalue weighted by molar-refractivity contribution is 5.76. The molecular weight excluding hydrogens is 200 g/mol.